The summed E-state index contributed by atoms with van der Waals surface area (Å²) in [6, 6.07) is 0. The molecule has 3 fully saturated rings. The number of terminal acetylenes is 1. The molecule has 15 atom stereocenters. The topological polar surface area (TPSA) is 399 Å². The highest BCUT2D eigenvalue weighted by molar-refractivity contribution is 5.79. The highest BCUT2D eigenvalue weighted by Gasteiger charge is 2.45. The Morgan fingerprint density at radius 1 is 0.340 bits per heavy atom. The smallest absolute Gasteiger partial charge is 0.163 e. The van der Waals surface area contributed by atoms with Gasteiger partial charge in [-0.15, -0.1) is 12.3 Å². The summed E-state index contributed by atoms with van der Waals surface area (Å²) in [6.07, 6.45) is -3.02. The zero-order chi connectivity index (χ0) is 68.6. The van der Waals surface area contributed by atoms with E-state index in [9.17, 15) is 60.3 Å². The predicted octanol–water partition coefficient (Wildman–Crippen LogP) is -1.31. The van der Waals surface area contributed by atoms with Gasteiger partial charge in [0.25, 0.3) is 0 Å². The molecule has 0 spiro atoms. The van der Waals surface area contributed by atoms with Crippen LogP contribution >= 0.6 is 0 Å². The van der Waals surface area contributed by atoms with Crippen LogP contribution in [-0.2, 0) is 99.6 Å². The lowest BCUT2D eigenvalue weighted by atomic mass is 9.87. The van der Waals surface area contributed by atoms with Crippen LogP contribution in [0, 0.1) is 35.5 Å². The molecule has 9 N–H and O–H groups in total. The Morgan fingerprint density at radius 3 is 0.809 bits per heavy atom. The molecule has 550 valence electrons. The Morgan fingerprint density at radius 2 is 0.574 bits per heavy atom. The monoisotopic (exact) mass is 1360 g/mol. The Kier molecular flexibility index (Phi) is 48.7. The molecule has 0 aromatic rings. The quantitative estimate of drug-likeness (QED) is 0.0252. The van der Waals surface area contributed by atoms with E-state index in [-0.39, 0.29) is 122 Å². The SMILES string of the molecule is C#CCC(COCCC(=O)CCCOCCOCCOCCOC1OC(CO)C(O)C(O)C1C)(COCCC(=O)CCCOCCOCCOCCOC1OC(CO)C(O)C(O)C1C)COCCC(=O)CCCOCCOCCOCCOC1OC(CO)C(O)C(O)C1C. The van der Waals surface area contributed by atoms with Gasteiger partial charge in [0, 0.05) is 82.5 Å². The lowest BCUT2D eigenvalue weighted by Gasteiger charge is -2.40. The Bertz CT molecular complexity index is 1730. The summed E-state index contributed by atoms with van der Waals surface area (Å²) in [4.78, 5) is 38.4. The van der Waals surface area contributed by atoms with E-state index in [2.05, 4.69) is 5.92 Å². The minimum absolute atomic E-state index is 0.00303. The molecule has 30 nitrogen and oxygen atoms in total. The molecule has 3 rings (SSSR count). The molecule has 3 heterocycles. The Balaban J connectivity index is 1.27. The van der Waals surface area contributed by atoms with Gasteiger partial charge in [0.15, 0.2) is 18.9 Å². The fourth-order valence-electron chi connectivity index (χ4n) is 9.94. The lowest BCUT2D eigenvalue weighted by Crippen LogP contribution is -2.55. The van der Waals surface area contributed by atoms with Gasteiger partial charge in [0.1, 0.15) is 54.0 Å². The predicted molar refractivity (Wildman–Crippen MR) is 331 cm³/mol. The third kappa shape index (κ3) is 36.0. The lowest BCUT2D eigenvalue weighted by molar-refractivity contribution is -0.284. The van der Waals surface area contributed by atoms with Crippen LogP contribution in [0.15, 0.2) is 0 Å². The van der Waals surface area contributed by atoms with Crippen LogP contribution in [0.1, 0.15) is 85.0 Å². The number of aliphatic hydroxyl groups excluding tert-OH is 9. The van der Waals surface area contributed by atoms with Gasteiger partial charge in [-0.05, 0) is 19.3 Å². The highest BCUT2D eigenvalue weighted by Crippen LogP contribution is 2.30. The van der Waals surface area contributed by atoms with Crippen LogP contribution in [0.2, 0.25) is 0 Å². The van der Waals surface area contributed by atoms with E-state index >= 15 is 0 Å². The number of ketones is 3. The van der Waals surface area contributed by atoms with Crippen molar-refractivity contribution in [1.82, 2.24) is 0 Å². The summed E-state index contributed by atoms with van der Waals surface area (Å²) in [6.45, 7) is 10.7. The third-order valence-corrected chi connectivity index (χ3v) is 15.8. The number of hydrogen-bond donors (Lipinski definition) is 9. The van der Waals surface area contributed by atoms with Gasteiger partial charge < -0.3 is 131 Å². The standard InChI is InChI=1S/C64H114O30/c1-5-15-64(43-86-19-12-49(68)9-6-16-77-22-25-80-28-31-83-34-37-89-61-46(2)55(71)58(74)52(40-65)92-61,44-87-20-13-50(69)10-7-17-78-23-26-81-29-32-84-35-38-90-62-47(3)56(72)59(75)53(41-66)93-62)45-88-21-14-51(70)11-8-18-79-24-27-82-30-33-85-36-39-91-63-48(4)57(73)60(76)54(42-67)94-63/h1,46-48,52-63,65-67,71-76H,6-45H2,2-4H3. The van der Waals surface area contributed by atoms with Crippen LogP contribution in [0.25, 0.3) is 0 Å². The van der Waals surface area contributed by atoms with E-state index < -0.39 is 117 Å². The minimum atomic E-state index is -1.19. The zero-order valence-corrected chi connectivity index (χ0v) is 55.6. The van der Waals surface area contributed by atoms with E-state index in [1.54, 1.807) is 20.8 Å². The fraction of sp³-hybridized carbons (Fsp3) is 0.922. The van der Waals surface area contributed by atoms with Crippen molar-refractivity contribution < 1.29 is 146 Å². The van der Waals surface area contributed by atoms with Crippen LogP contribution in [0.5, 0.6) is 0 Å². The molecule has 3 saturated heterocycles. The van der Waals surface area contributed by atoms with E-state index in [1.807, 2.05) is 0 Å². The Labute approximate surface area is 553 Å². The molecule has 94 heavy (non-hydrogen) atoms. The molecule has 0 aromatic heterocycles. The van der Waals surface area contributed by atoms with Gasteiger partial charge in [-0.25, -0.2) is 0 Å². The summed E-state index contributed by atoms with van der Waals surface area (Å²) in [7, 11) is 0. The zero-order valence-electron chi connectivity index (χ0n) is 55.6. The number of rotatable bonds is 61. The van der Waals surface area contributed by atoms with Gasteiger partial charge in [-0.1, -0.05) is 20.8 Å². The summed E-state index contributed by atoms with van der Waals surface area (Å²) in [5.74, 6) is 1.22. The maximum Gasteiger partial charge on any atom is 0.163 e. The van der Waals surface area contributed by atoms with Crippen molar-refractivity contribution in [3.05, 3.63) is 0 Å². The van der Waals surface area contributed by atoms with Crippen molar-refractivity contribution in [2.45, 2.75) is 159 Å². The van der Waals surface area contributed by atoms with Crippen molar-refractivity contribution in [2.24, 2.45) is 23.2 Å². The first kappa shape index (κ1) is 85.7. The highest BCUT2D eigenvalue weighted by atomic mass is 16.7. The molecule has 0 radical (unpaired) electrons. The summed E-state index contributed by atoms with van der Waals surface area (Å²) in [5, 5.41) is 88.6. The van der Waals surface area contributed by atoms with Crippen molar-refractivity contribution in [1.29, 1.82) is 0 Å². The van der Waals surface area contributed by atoms with Gasteiger partial charge >= 0.3 is 0 Å². The maximum atomic E-state index is 12.8. The van der Waals surface area contributed by atoms with Gasteiger partial charge in [-0.3, -0.25) is 14.4 Å². The van der Waals surface area contributed by atoms with Crippen LogP contribution in [0.4, 0.5) is 0 Å². The number of aliphatic hydroxyl groups is 9. The molecular weight excluding hydrogens is 1250 g/mol. The first-order valence-electron chi connectivity index (χ1n) is 33.2. The molecule has 3 aliphatic rings. The van der Waals surface area contributed by atoms with Crippen LogP contribution in [0.3, 0.4) is 0 Å². The Hall–Kier alpha value is -2.51. The second kappa shape index (κ2) is 53.4. The molecule has 0 aromatic carbocycles. The molecule has 15 unspecified atom stereocenters. The molecule has 0 aliphatic carbocycles. The first-order chi connectivity index (χ1) is 45.5. The molecule has 3 aliphatic heterocycles. The first-order valence-corrected chi connectivity index (χ1v) is 33.2. The number of hydrogen-bond acceptors (Lipinski definition) is 30. The number of Topliss-reactive ketones (excluding diaryl/α,β-unsaturated/α-hetero) is 3. The largest absolute Gasteiger partial charge is 0.394 e. The number of carbonyl (C=O) groups is 3. The van der Waals surface area contributed by atoms with Crippen molar-refractivity contribution >= 4 is 17.3 Å². The van der Waals surface area contributed by atoms with Crippen molar-refractivity contribution in [3.8, 4) is 12.3 Å². The van der Waals surface area contributed by atoms with Crippen LogP contribution in [-0.4, -0.2) is 335 Å². The summed E-state index contributed by atoms with van der Waals surface area (Å²) in [5.41, 5.74) is -0.837. The van der Waals surface area contributed by atoms with E-state index in [4.69, 9.17) is 91.7 Å². The van der Waals surface area contributed by atoms with E-state index in [0.29, 0.717) is 138 Å². The van der Waals surface area contributed by atoms with Crippen molar-refractivity contribution in [3.63, 3.8) is 0 Å². The summed E-state index contributed by atoms with van der Waals surface area (Å²) >= 11 is 0. The minimum Gasteiger partial charge on any atom is -0.394 e. The van der Waals surface area contributed by atoms with Gasteiger partial charge in [0.05, 0.1) is 202 Å². The number of carbonyl (C=O) groups excluding carboxylic acids is 3. The molecule has 0 bridgehead atoms. The third-order valence-electron chi connectivity index (χ3n) is 15.8. The maximum absolute atomic E-state index is 12.8. The van der Waals surface area contributed by atoms with E-state index in [1.165, 1.54) is 0 Å². The fourth-order valence-corrected chi connectivity index (χ4v) is 9.94. The van der Waals surface area contributed by atoms with Crippen LogP contribution < -0.4 is 0 Å². The van der Waals surface area contributed by atoms with Crippen molar-refractivity contribution in [2.75, 3.05) is 198 Å². The second-order valence-corrected chi connectivity index (χ2v) is 23.5. The second-order valence-electron chi connectivity index (χ2n) is 23.5. The normalized spacial score (nSPS) is 27.1. The molecular formula is C64H114O30. The molecule has 0 amide bonds. The molecule has 0 saturated carbocycles. The summed E-state index contributed by atoms with van der Waals surface area (Å²) < 4.78 is 102. The average Bonchev–Trinajstić information content (AvgIpc) is 1.01. The van der Waals surface area contributed by atoms with Gasteiger partial charge in [0.2, 0.25) is 0 Å². The average molecular weight is 1360 g/mol. The number of ether oxygens (including phenoxy) is 18. The molecule has 30 heteroatoms. The van der Waals surface area contributed by atoms with Gasteiger partial charge in [-0.2, -0.15) is 0 Å². The van der Waals surface area contributed by atoms with E-state index in [0.717, 1.165) is 0 Å².